The molecule has 0 saturated heterocycles. The number of hydrogen-bond donors (Lipinski definition) is 4. The fraction of sp³-hybridized carbons (Fsp3) is 0.405. The molecule has 5 rings (SSSR count). The average Bonchev–Trinajstić information content (AvgIpc) is 3.69. The number of pyridine rings is 1. The number of halogens is 3. The molecule has 15 nitrogen and oxygen atoms in total. The van der Waals surface area contributed by atoms with Gasteiger partial charge in [0.05, 0.1) is 25.0 Å². The normalized spacial score (nSPS) is 16.1. The first-order valence-corrected chi connectivity index (χ1v) is 17.3. The largest absolute Gasteiger partial charge is 0.494 e. The van der Waals surface area contributed by atoms with Gasteiger partial charge in [0, 0.05) is 29.8 Å². The lowest BCUT2D eigenvalue weighted by molar-refractivity contribution is -0.192. The number of carbonyl (C=O) groups is 4. The number of methoxy groups -OCH3 is 1. The van der Waals surface area contributed by atoms with Crippen LogP contribution in [0.15, 0.2) is 67.0 Å². The number of carboxylic acids is 1. The van der Waals surface area contributed by atoms with Gasteiger partial charge in [0.2, 0.25) is 11.7 Å². The number of imide groups is 1. The Bertz CT molecular complexity index is 1890. The lowest BCUT2D eigenvalue weighted by Gasteiger charge is -2.32. The monoisotopic (exact) mass is 768 g/mol. The third kappa shape index (κ3) is 12.0. The maximum absolute atomic E-state index is 14.1. The topological polar surface area (TPSA) is 216 Å². The number of benzene rings is 2. The molecule has 0 unspecified atom stereocenters. The predicted molar refractivity (Wildman–Crippen MR) is 193 cm³/mol. The fourth-order valence-electron chi connectivity index (χ4n) is 5.85. The second kappa shape index (κ2) is 18.4. The second-order valence-electron chi connectivity index (χ2n) is 13.8. The van der Waals surface area contributed by atoms with E-state index in [-0.39, 0.29) is 24.2 Å². The Morgan fingerprint density at radius 3 is 2.15 bits per heavy atom. The molecule has 1 aliphatic carbocycles. The first-order valence-electron chi connectivity index (χ1n) is 17.3. The molecule has 5 N–H and O–H groups in total. The standard InChI is InChI=1S/C35H42N8O5.C2HF3O2/c1-35(2,3)48-34(46)38-20-23-7-11-26(12-8-23)32(44)43(27-15-13-25(14-16-27)31-39-41-42-40-31)33(45)29(36)19-22-5-9-24(10-6-22)28-17-18-37-21-30(28)47-4;3-2(4,5)1(6)7/h5-6,9-10,13-18,21,23,26,29H,7-8,11-12,19-20,36H2,1-4H3,(H,38,46)(H,39,40,41,42);(H,6,7)/t23?,26?,29-;/m0./s1. The molecule has 0 radical (unpaired) electrons. The molecule has 4 aromatic rings. The van der Waals surface area contributed by atoms with Crippen LogP contribution in [0.2, 0.25) is 0 Å². The number of anilines is 1. The van der Waals surface area contributed by atoms with Crippen molar-refractivity contribution in [3.05, 3.63) is 72.6 Å². The maximum atomic E-state index is 14.1. The van der Waals surface area contributed by atoms with Gasteiger partial charge in [-0.3, -0.25) is 14.6 Å². The summed E-state index contributed by atoms with van der Waals surface area (Å²) in [4.78, 5) is 54.5. The zero-order chi connectivity index (χ0) is 40.3. The van der Waals surface area contributed by atoms with Gasteiger partial charge in [-0.15, -0.1) is 10.2 Å². The summed E-state index contributed by atoms with van der Waals surface area (Å²) in [6.45, 7) is 5.92. The van der Waals surface area contributed by atoms with E-state index in [1.54, 1.807) is 43.8 Å². The smallest absolute Gasteiger partial charge is 0.490 e. The van der Waals surface area contributed by atoms with Gasteiger partial charge >= 0.3 is 18.2 Å². The number of H-pyrrole nitrogens is 1. The van der Waals surface area contributed by atoms with Gasteiger partial charge in [0.25, 0.3) is 5.91 Å². The van der Waals surface area contributed by atoms with E-state index in [0.717, 1.165) is 29.5 Å². The number of carboxylic acid groups (broad SMARTS) is 1. The number of amides is 3. The van der Waals surface area contributed by atoms with Crippen molar-refractivity contribution in [2.45, 2.75) is 70.7 Å². The number of hydrogen-bond acceptors (Lipinski definition) is 11. The van der Waals surface area contributed by atoms with E-state index in [1.165, 1.54) is 4.90 Å². The predicted octanol–water partition coefficient (Wildman–Crippen LogP) is 5.33. The molecule has 1 fully saturated rings. The van der Waals surface area contributed by atoms with Crippen LogP contribution in [0.4, 0.5) is 23.7 Å². The Morgan fingerprint density at radius 2 is 1.60 bits per heavy atom. The van der Waals surface area contributed by atoms with Gasteiger partial charge < -0.3 is 25.6 Å². The van der Waals surface area contributed by atoms with Gasteiger partial charge in [-0.2, -0.15) is 18.4 Å². The number of tetrazole rings is 1. The third-order valence-corrected chi connectivity index (χ3v) is 8.58. The minimum absolute atomic E-state index is 0.206. The number of alkyl halides is 3. The van der Waals surface area contributed by atoms with Crippen molar-refractivity contribution >= 4 is 29.6 Å². The third-order valence-electron chi connectivity index (χ3n) is 8.58. The summed E-state index contributed by atoms with van der Waals surface area (Å²) >= 11 is 0. The van der Waals surface area contributed by atoms with Crippen molar-refractivity contribution in [3.8, 4) is 28.3 Å². The molecular weight excluding hydrogens is 725 g/mol. The average molecular weight is 769 g/mol. The number of aromatic amines is 1. The van der Waals surface area contributed by atoms with Crippen molar-refractivity contribution in [3.63, 3.8) is 0 Å². The molecule has 18 heteroatoms. The zero-order valence-electron chi connectivity index (χ0n) is 30.7. The number of carbonyl (C=O) groups excluding carboxylic acids is 3. The van der Waals surface area contributed by atoms with Crippen LogP contribution in [0.3, 0.4) is 0 Å². The van der Waals surface area contributed by atoms with Gasteiger partial charge in [-0.05, 0) is 105 Å². The molecule has 294 valence electrons. The lowest BCUT2D eigenvalue weighted by Crippen LogP contribution is -2.50. The van der Waals surface area contributed by atoms with Crippen LogP contribution in [0.1, 0.15) is 52.0 Å². The molecule has 1 saturated carbocycles. The number of nitrogens with zero attached hydrogens (tertiary/aromatic N) is 5. The minimum atomic E-state index is -5.08. The number of ether oxygens (including phenoxy) is 2. The lowest BCUT2D eigenvalue weighted by atomic mass is 9.81. The van der Waals surface area contributed by atoms with Crippen LogP contribution in [0.25, 0.3) is 22.5 Å². The van der Waals surface area contributed by atoms with Crippen molar-refractivity contribution in [2.24, 2.45) is 17.6 Å². The number of alkyl carbamates (subject to hydrolysis) is 1. The molecule has 2 aromatic heterocycles. The van der Waals surface area contributed by atoms with Gasteiger partial charge in [0.1, 0.15) is 11.4 Å². The zero-order valence-corrected chi connectivity index (χ0v) is 30.7. The molecule has 0 spiro atoms. The Hall–Kier alpha value is -5.91. The van der Waals surface area contributed by atoms with Crippen LogP contribution >= 0.6 is 0 Å². The molecule has 0 bridgehead atoms. The van der Waals surface area contributed by atoms with Crippen LogP contribution < -0.4 is 20.7 Å². The highest BCUT2D eigenvalue weighted by molar-refractivity contribution is 6.17. The van der Waals surface area contributed by atoms with Crippen molar-refractivity contribution in [1.82, 2.24) is 30.9 Å². The van der Waals surface area contributed by atoms with Gasteiger partial charge in [0.15, 0.2) is 0 Å². The molecular formula is C37H43F3N8O7. The van der Waals surface area contributed by atoms with E-state index in [2.05, 4.69) is 30.9 Å². The fourth-order valence-corrected chi connectivity index (χ4v) is 5.85. The Balaban J connectivity index is 0.000000876. The molecule has 1 atom stereocenters. The summed E-state index contributed by atoms with van der Waals surface area (Å²) in [6, 6.07) is 15.5. The van der Waals surface area contributed by atoms with Crippen molar-refractivity contribution in [1.29, 1.82) is 0 Å². The Morgan fingerprint density at radius 1 is 0.982 bits per heavy atom. The van der Waals surface area contributed by atoms with E-state index in [4.69, 9.17) is 25.1 Å². The highest BCUT2D eigenvalue weighted by atomic mass is 19.4. The quantitative estimate of drug-likeness (QED) is 0.161. The number of nitrogens with one attached hydrogen (secondary N) is 2. The summed E-state index contributed by atoms with van der Waals surface area (Å²) in [5.74, 6) is -2.64. The summed E-state index contributed by atoms with van der Waals surface area (Å²) in [5.41, 5.74) is 9.75. The maximum Gasteiger partial charge on any atom is 0.490 e. The SMILES string of the molecule is COc1cnccc1-c1ccc(C[C@H](N)C(=O)N(C(=O)C2CCC(CNC(=O)OC(C)(C)C)CC2)c2ccc(-c3nn[nH]n3)cc2)cc1.O=C(O)C(F)(F)F. The van der Waals surface area contributed by atoms with E-state index >= 15 is 0 Å². The van der Waals surface area contributed by atoms with Crippen LogP contribution in [-0.4, -0.2) is 86.1 Å². The number of rotatable bonds is 10. The summed E-state index contributed by atoms with van der Waals surface area (Å²) < 4.78 is 42.5. The van der Waals surface area contributed by atoms with E-state index in [1.807, 2.05) is 51.1 Å². The molecule has 0 aliphatic heterocycles. The van der Waals surface area contributed by atoms with Crippen LogP contribution in [-0.2, 0) is 25.5 Å². The summed E-state index contributed by atoms with van der Waals surface area (Å²) in [7, 11) is 1.60. The van der Waals surface area contributed by atoms with Gasteiger partial charge in [-0.1, -0.05) is 24.3 Å². The van der Waals surface area contributed by atoms with Crippen LogP contribution in [0.5, 0.6) is 5.75 Å². The van der Waals surface area contributed by atoms with E-state index in [0.29, 0.717) is 42.2 Å². The van der Waals surface area contributed by atoms with E-state index in [9.17, 15) is 27.6 Å². The first kappa shape index (κ1) is 41.8. The molecule has 2 aromatic carbocycles. The minimum Gasteiger partial charge on any atom is -0.494 e. The van der Waals surface area contributed by atoms with Crippen LogP contribution in [0, 0.1) is 11.8 Å². The molecule has 1 aliphatic rings. The summed E-state index contributed by atoms with van der Waals surface area (Å²) in [5, 5.41) is 24.0. The second-order valence-corrected chi connectivity index (χ2v) is 13.8. The molecule has 55 heavy (non-hydrogen) atoms. The number of nitrogens with two attached hydrogens (primary N) is 1. The Kier molecular flexibility index (Phi) is 14.0. The van der Waals surface area contributed by atoms with Crippen molar-refractivity contribution in [2.75, 3.05) is 18.6 Å². The highest BCUT2D eigenvalue weighted by Gasteiger charge is 2.38. The number of aliphatic carboxylic acids is 1. The Labute approximate surface area is 314 Å². The van der Waals surface area contributed by atoms with Crippen molar-refractivity contribution < 1.29 is 46.9 Å². The number of aromatic nitrogens is 5. The molecule has 3 amide bonds. The highest BCUT2D eigenvalue weighted by Crippen LogP contribution is 2.33. The van der Waals surface area contributed by atoms with Gasteiger partial charge in [-0.25, -0.2) is 14.5 Å². The first-order chi connectivity index (χ1) is 26.0. The van der Waals surface area contributed by atoms with E-state index < -0.39 is 35.8 Å². The summed E-state index contributed by atoms with van der Waals surface area (Å²) in [6.07, 6.45) is 0.679. The molecule has 2 heterocycles.